The number of hydrogen-bond donors (Lipinski definition) is 1. The molecule has 31 heavy (non-hydrogen) atoms. The van der Waals surface area contributed by atoms with Crippen molar-refractivity contribution in [2.75, 3.05) is 0 Å². The minimum absolute atomic E-state index is 0.257. The van der Waals surface area contributed by atoms with E-state index in [0.29, 0.717) is 16.1 Å². The molecule has 0 atom stereocenters. The lowest BCUT2D eigenvalue weighted by molar-refractivity contribution is -0.193. The van der Waals surface area contributed by atoms with Crippen molar-refractivity contribution in [1.82, 2.24) is 15.4 Å². The van der Waals surface area contributed by atoms with Gasteiger partial charge in [0, 0.05) is 5.56 Å². The first kappa shape index (κ1) is 22.6. The summed E-state index contributed by atoms with van der Waals surface area (Å²) in [6, 6.07) is 9.36. The average Bonchev–Trinajstić information content (AvgIpc) is 3.20. The van der Waals surface area contributed by atoms with E-state index in [2.05, 4.69) is 14.9 Å². The number of halogens is 7. The van der Waals surface area contributed by atoms with Crippen molar-refractivity contribution in [2.24, 2.45) is 0 Å². The fraction of sp³-hybridized carbons (Fsp3) is 0.111. The van der Waals surface area contributed by atoms with Crippen LogP contribution >= 0.6 is 23.2 Å². The van der Waals surface area contributed by atoms with E-state index in [1.54, 1.807) is 11.3 Å². The van der Waals surface area contributed by atoms with Crippen LogP contribution in [0.4, 0.5) is 22.0 Å². The highest BCUT2D eigenvalue weighted by molar-refractivity contribution is 6.42. The Bertz CT molecular complexity index is 1150. The van der Waals surface area contributed by atoms with Gasteiger partial charge in [-0.15, -0.1) is 5.10 Å². The van der Waals surface area contributed by atoms with Gasteiger partial charge in [0.1, 0.15) is 0 Å². The molecular weight excluding hydrogens is 472 g/mol. The molecule has 2 aromatic carbocycles. The zero-order valence-electron chi connectivity index (χ0n) is 14.8. The van der Waals surface area contributed by atoms with Crippen LogP contribution in [0.5, 0.6) is 0 Å². The second-order valence-corrected chi connectivity index (χ2v) is 6.79. The first-order chi connectivity index (χ1) is 14.4. The molecule has 0 radical (unpaired) electrons. The summed E-state index contributed by atoms with van der Waals surface area (Å²) in [6.07, 6.45) is -5.50. The summed E-state index contributed by atoms with van der Waals surface area (Å²) in [6.45, 7) is 0. The molecule has 6 nitrogen and oxygen atoms in total. The number of carbonyl (C=O) groups is 2. The quantitative estimate of drug-likeness (QED) is 0.317. The number of alkyl halides is 5. The van der Waals surface area contributed by atoms with Crippen LogP contribution in [0.1, 0.15) is 21.7 Å². The molecule has 0 saturated carbocycles. The number of aromatic amines is 1. The number of ether oxygens (including phenoxy) is 1. The molecule has 0 aliphatic rings. The van der Waals surface area contributed by atoms with Crippen LogP contribution in [-0.2, 0) is 15.5 Å². The molecular formula is C18H8Cl2F5N3O3. The van der Waals surface area contributed by atoms with Gasteiger partial charge in [-0.2, -0.15) is 32.3 Å². The highest BCUT2D eigenvalue weighted by Gasteiger charge is 2.46. The molecule has 0 fully saturated rings. The predicted molar refractivity (Wildman–Crippen MR) is 97.8 cm³/mol. The Morgan fingerprint density at radius 1 is 0.871 bits per heavy atom. The molecule has 162 valence electrons. The van der Waals surface area contributed by atoms with Gasteiger partial charge in [0.05, 0.1) is 10.0 Å². The second kappa shape index (κ2) is 8.23. The van der Waals surface area contributed by atoms with Crippen molar-refractivity contribution in [1.29, 1.82) is 0 Å². The van der Waals surface area contributed by atoms with Gasteiger partial charge in [-0.05, 0) is 23.3 Å². The summed E-state index contributed by atoms with van der Waals surface area (Å²) in [4.78, 5) is 22.5. The van der Waals surface area contributed by atoms with Gasteiger partial charge in [-0.25, -0.2) is 9.59 Å². The van der Waals surface area contributed by atoms with Crippen LogP contribution in [0.15, 0.2) is 42.5 Å². The molecule has 0 aliphatic carbocycles. The number of benzene rings is 2. The molecule has 0 spiro atoms. The Morgan fingerprint density at radius 2 is 1.48 bits per heavy atom. The summed E-state index contributed by atoms with van der Waals surface area (Å²) in [7, 11) is 0. The van der Waals surface area contributed by atoms with Crippen molar-refractivity contribution < 1.29 is 36.3 Å². The molecule has 0 unspecified atom stereocenters. The monoisotopic (exact) mass is 479 g/mol. The number of aromatic nitrogens is 3. The number of rotatable bonds is 4. The highest BCUT2D eigenvalue weighted by atomic mass is 35.5. The van der Waals surface area contributed by atoms with Gasteiger partial charge in [0.25, 0.3) is 0 Å². The minimum Gasteiger partial charge on any atom is -0.381 e. The Labute approximate surface area is 179 Å². The third-order valence-corrected chi connectivity index (χ3v) is 4.69. The number of H-pyrrole nitrogens is 1. The van der Waals surface area contributed by atoms with E-state index < -0.39 is 41.0 Å². The normalized spacial score (nSPS) is 12.0. The van der Waals surface area contributed by atoms with Gasteiger partial charge < -0.3 is 4.74 Å². The first-order valence-electron chi connectivity index (χ1n) is 8.09. The van der Waals surface area contributed by atoms with Crippen molar-refractivity contribution >= 4 is 35.1 Å². The summed E-state index contributed by atoms with van der Waals surface area (Å²) in [5.41, 5.74) is -2.14. The number of carbonyl (C=O) groups excluding carboxylic acids is 2. The third-order valence-electron chi connectivity index (χ3n) is 3.96. The molecule has 0 saturated heterocycles. The minimum atomic E-state index is -5.50. The molecule has 0 aliphatic heterocycles. The van der Waals surface area contributed by atoms with Gasteiger partial charge in [-0.1, -0.05) is 53.5 Å². The van der Waals surface area contributed by atoms with Crippen LogP contribution in [0.25, 0.3) is 11.1 Å². The first-order valence-corrected chi connectivity index (χ1v) is 8.85. The van der Waals surface area contributed by atoms with Gasteiger partial charge in [0.2, 0.25) is 5.69 Å². The van der Waals surface area contributed by atoms with E-state index >= 15 is 0 Å². The summed E-state index contributed by atoms with van der Waals surface area (Å²) in [5.74, 6) is -8.86. The van der Waals surface area contributed by atoms with E-state index in [9.17, 15) is 31.5 Å². The number of esters is 2. The van der Waals surface area contributed by atoms with E-state index in [-0.39, 0.29) is 5.02 Å². The number of nitrogens with one attached hydrogen (secondary N) is 1. The van der Waals surface area contributed by atoms with E-state index in [1.165, 1.54) is 24.3 Å². The highest BCUT2D eigenvalue weighted by Crippen LogP contribution is 2.37. The third kappa shape index (κ3) is 4.67. The molecule has 3 rings (SSSR count). The zero-order valence-corrected chi connectivity index (χ0v) is 16.3. The SMILES string of the molecule is O=C(OC(=O)C(F)(F)F)c1n[nH]nc1C(F)(F)c1ccc(-c2ccc(Cl)c(Cl)c2)cc1. The van der Waals surface area contributed by atoms with Crippen molar-refractivity contribution in [3.05, 3.63) is 69.5 Å². The van der Waals surface area contributed by atoms with Gasteiger partial charge >= 0.3 is 24.0 Å². The van der Waals surface area contributed by atoms with Crippen LogP contribution in [-0.4, -0.2) is 33.5 Å². The maximum absolute atomic E-state index is 14.9. The zero-order chi connectivity index (χ0) is 23.0. The summed E-state index contributed by atoms with van der Waals surface area (Å²) >= 11 is 11.8. The smallest absolute Gasteiger partial charge is 0.381 e. The molecule has 1 N–H and O–H groups in total. The lowest BCUT2D eigenvalue weighted by Crippen LogP contribution is -2.29. The predicted octanol–water partition coefficient (Wildman–Crippen LogP) is 5.16. The molecule has 1 aromatic heterocycles. The topological polar surface area (TPSA) is 84.9 Å². The summed E-state index contributed by atoms with van der Waals surface area (Å²) < 4.78 is 70.0. The fourth-order valence-corrected chi connectivity index (χ4v) is 2.77. The van der Waals surface area contributed by atoms with Crippen LogP contribution in [0.2, 0.25) is 10.0 Å². The molecule has 13 heteroatoms. The largest absolute Gasteiger partial charge is 0.491 e. The van der Waals surface area contributed by atoms with Crippen LogP contribution in [0.3, 0.4) is 0 Å². The molecule has 0 bridgehead atoms. The Morgan fingerprint density at radius 3 is 2.06 bits per heavy atom. The van der Waals surface area contributed by atoms with E-state index in [4.69, 9.17) is 23.2 Å². The van der Waals surface area contributed by atoms with Crippen molar-refractivity contribution in [2.45, 2.75) is 12.1 Å². The standard InChI is InChI=1S/C18H8Cl2F5N3O3/c19-11-6-3-9(7-12(11)20)8-1-4-10(5-2-8)17(21,22)14-13(26-28-27-14)15(29)31-16(30)18(23,24)25/h1-7H,(H,26,27,28). The van der Waals surface area contributed by atoms with E-state index in [0.717, 1.165) is 12.1 Å². The Hall–Kier alpha value is -3.05. The number of nitrogens with zero attached hydrogens (tertiary/aromatic N) is 2. The van der Waals surface area contributed by atoms with Crippen molar-refractivity contribution in [3.8, 4) is 11.1 Å². The van der Waals surface area contributed by atoms with Gasteiger partial charge in [-0.3, -0.25) is 0 Å². The lowest BCUT2D eigenvalue weighted by atomic mass is 9.99. The maximum Gasteiger partial charge on any atom is 0.491 e. The maximum atomic E-state index is 14.9. The molecule has 3 aromatic rings. The van der Waals surface area contributed by atoms with Gasteiger partial charge in [0.15, 0.2) is 5.69 Å². The van der Waals surface area contributed by atoms with Crippen LogP contribution in [0, 0.1) is 0 Å². The molecule has 1 heterocycles. The fourth-order valence-electron chi connectivity index (χ4n) is 2.47. The van der Waals surface area contributed by atoms with E-state index in [1.807, 2.05) is 0 Å². The van der Waals surface area contributed by atoms with Crippen LogP contribution < -0.4 is 0 Å². The Kier molecular flexibility index (Phi) is 6.01. The van der Waals surface area contributed by atoms with Crippen molar-refractivity contribution in [3.63, 3.8) is 0 Å². The summed E-state index contributed by atoms with van der Waals surface area (Å²) in [5, 5.41) is 8.51. The second-order valence-electron chi connectivity index (χ2n) is 5.98. The Balaban J connectivity index is 1.89. The lowest BCUT2D eigenvalue weighted by Gasteiger charge is -2.15. The average molecular weight is 480 g/mol. The number of hydrogen-bond acceptors (Lipinski definition) is 5. The molecule has 0 amide bonds.